The molecule has 29 heavy (non-hydrogen) atoms. The van der Waals surface area contributed by atoms with Crippen molar-refractivity contribution in [1.82, 2.24) is 16.0 Å². The smallest absolute Gasteiger partial charge is 0.251 e. The minimum Gasteiger partial charge on any atom is -0.497 e. The molecule has 0 bridgehead atoms. The van der Waals surface area contributed by atoms with Crippen LogP contribution in [0.4, 0.5) is 0 Å². The molecule has 0 aliphatic rings. The van der Waals surface area contributed by atoms with E-state index >= 15 is 0 Å². The first kappa shape index (κ1) is 22.3. The number of carbonyl (C=O) groups is 1. The van der Waals surface area contributed by atoms with E-state index in [0.29, 0.717) is 50.1 Å². The molecule has 0 unspecified atom stereocenters. The molecule has 8 nitrogen and oxygen atoms in total. The molecule has 0 aliphatic heterocycles. The Labute approximate surface area is 171 Å². The van der Waals surface area contributed by atoms with Crippen LogP contribution >= 0.6 is 0 Å². The standard InChI is InChI=1S/C21H30N4O4/c1-3-22-21(24-10-6-13-28-16-19-9-5-14-29-19)25-12-11-23-20(26)17-7-4-8-18(15-17)27-2/h4-5,7-9,14-15H,3,6,10-13,16H2,1-2H3,(H,23,26)(H2,22,24,25). The van der Waals surface area contributed by atoms with Crippen molar-refractivity contribution in [3.63, 3.8) is 0 Å². The van der Waals surface area contributed by atoms with Gasteiger partial charge in [0.15, 0.2) is 5.96 Å². The van der Waals surface area contributed by atoms with Gasteiger partial charge in [-0.05, 0) is 43.7 Å². The summed E-state index contributed by atoms with van der Waals surface area (Å²) < 4.78 is 15.9. The summed E-state index contributed by atoms with van der Waals surface area (Å²) in [7, 11) is 1.58. The molecule has 1 heterocycles. The first-order valence-corrected chi connectivity index (χ1v) is 9.77. The van der Waals surface area contributed by atoms with Crippen LogP contribution in [0.2, 0.25) is 0 Å². The minimum absolute atomic E-state index is 0.138. The number of hydrogen-bond acceptors (Lipinski definition) is 5. The fourth-order valence-electron chi connectivity index (χ4n) is 2.49. The number of carbonyl (C=O) groups excluding carboxylic acids is 1. The van der Waals surface area contributed by atoms with E-state index in [0.717, 1.165) is 18.7 Å². The highest BCUT2D eigenvalue weighted by Gasteiger charge is 2.06. The maximum absolute atomic E-state index is 12.2. The summed E-state index contributed by atoms with van der Waals surface area (Å²) in [5, 5.41) is 9.27. The Kier molecular flexibility index (Phi) is 10.2. The third-order valence-electron chi connectivity index (χ3n) is 3.92. The van der Waals surface area contributed by atoms with Crippen LogP contribution in [0.15, 0.2) is 52.1 Å². The summed E-state index contributed by atoms with van der Waals surface area (Å²) in [6.45, 7) is 5.54. The van der Waals surface area contributed by atoms with Crippen LogP contribution < -0.4 is 20.7 Å². The number of amides is 1. The molecule has 0 atom stereocenters. The van der Waals surface area contributed by atoms with Gasteiger partial charge in [0.25, 0.3) is 5.91 Å². The van der Waals surface area contributed by atoms with E-state index in [9.17, 15) is 4.79 Å². The second-order valence-corrected chi connectivity index (χ2v) is 6.16. The zero-order valence-electron chi connectivity index (χ0n) is 17.1. The van der Waals surface area contributed by atoms with Crippen LogP contribution in [0, 0.1) is 0 Å². The molecule has 8 heteroatoms. The lowest BCUT2D eigenvalue weighted by Gasteiger charge is -2.12. The third kappa shape index (κ3) is 8.69. The number of guanidine groups is 1. The molecule has 0 radical (unpaired) electrons. The van der Waals surface area contributed by atoms with Gasteiger partial charge in [-0.25, -0.2) is 0 Å². The van der Waals surface area contributed by atoms with Crippen molar-refractivity contribution in [1.29, 1.82) is 0 Å². The Bertz CT molecular complexity index is 747. The molecule has 0 saturated heterocycles. The average Bonchev–Trinajstić information content (AvgIpc) is 3.26. The molecule has 1 aromatic carbocycles. The topological polar surface area (TPSA) is 97.1 Å². The number of ether oxygens (including phenoxy) is 2. The molecule has 0 fully saturated rings. The van der Waals surface area contributed by atoms with E-state index in [2.05, 4.69) is 20.9 Å². The van der Waals surface area contributed by atoms with Gasteiger partial charge in [-0.3, -0.25) is 9.79 Å². The van der Waals surface area contributed by atoms with E-state index in [1.54, 1.807) is 37.6 Å². The van der Waals surface area contributed by atoms with Gasteiger partial charge in [0.2, 0.25) is 0 Å². The highest BCUT2D eigenvalue weighted by Crippen LogP contribution is 2.12. The van der Waals surface area contributed by atoms with E-state index in [4.69, 9.17) is 13.9 Å². The summed E-state index contributed by atoms with van der Waals surface area (Å²) >= 11 is 0. The SMILES string of the molecule is CCNC(=NCCCOCc1ccco1)NCCNC(=O)c1cccc(OC)c1. The monoisotopic (exact) mass is 402 g/mol. The second kappa shape index (κ2) is 13.2. The Morgan fingerprint density at radius 3 is 2.76 bits per heavy atom. The quantitative estimate of drug-likeness (QED) is 0.286. The number of hydrogen-bond donors (Lipinski definition) is 3. The van der Waals surface area contributed by atoms with Crippen molar-refractivity contribution in [2.75, 3.05) is 39.9 Å². The molecule has 1 aromatic heterocycles. The lowest BCUT2D eigenvalue weighted by Crippen LogP contribution is -2.41. The van der Waals surface area contributed by atoms with Crippen LogP contribution in [0.5, 0.6) is 5.75 Å². The zero-order valence-corrected chi connectivity index (χ0v) is 17.1. The third-order valence-corrected chi connectivity index (χ3v) is 3.92. The van der Waals surface area contributed by atoms with Crippen molar-refractivity contribution in [3.8, 4) is 5.75 Å². The van der Waals surface area contributed by atoms with Gasteiger partial charge >= 0.3 is 0 Å². The van der Waals surface area contributed by atoms with Crippen LogP contribution in [0.25, 0.3) is 0 Å². The predicted molar refractivity (Wildman–Crippen MR) is 112 cm³/mol. The van der Waals surface area contributed by atoms with Crippen LogP contribution in [0.3, 0.4) is 0 Å². The lowest BCUT2D eigenvalue weighted by molar-refractivity contribution is 0.0954. The first-order valence-electron chi connectivity index (χ1n) is 9.77. The maximum atomic E-state index is 12.2. The van der Waals surface area contributed by atoms with E-state index in [-0.39, 0.29) is 5.91 Å². The largest absolute Gasteiger partial charge is 0.497 e. The normalized spacial score (nSPS) is 11.2. The van der Waals surface area contributed by atoms with Crippen LogP contribution in [0.1, 0.15) is 29.5 Å². The fraction of sp³-hybridized carbons (Fsp3) is 0.429. The van der Waals surface area contributed by atoms with Crippen molar-refractivity contribution >= 4 is 11.9 Å². The fourth-order valence-corrected chi connectivity index (χ4v) is 2.49. The highest BCUT2D eigenvalue weighted by molar-refractivity contribution is 5.94. The first-order chi connectivity index (χ1) is 14.2. The molecule has 158 valence electrons. The molecule has 0 aliphatic carbocycles. The Morgan fingerprint density at radius 1 is 1.14 bits per heavy atom. The number of benzene rings is 1. The second-order valence-electron chi connectivity index (χ2n) is 6.16. The summed E-state index contributed by atoms with van der Waals surface area (Å²) in [5.41, 5.74) is 0.569. The number of aliphatic imine (C=N–C) groups is 1. The molecule has 1 amide bonds. The predicted octanol–water partition coefficient (Wildman–Crippen LogP) is 2.18. The number of nitrogens with one attached hydrogen (secondary N) is 3. The molecular formula is C21H30N4O4. The number of nitrogens with zero attached hydrogens (tertiary/aromatic N) is 1. The molecule has 2 rings (SSSR count). The number of furan rings is 1. The lowest BCUT2D eigenvalue weighted by atomic mass is 10.2. The number of methoxy groups -OCH3 is 1. The molecule has 0 saturated carbocycles. The Hall–Kier alpha value is -3.00. The van der Waals surface area contributed by atoms with E-state index < -0.39 is 0 Å². The van der Waals surface area contributed by atoms with Crippen LogP contribution in [-0.2, 0) is 11.3 Å². The zero-order chi connectivity index (χ0) is 20.7. The van der Waals surface area contributed by atoms with Crippen molar-refractivity contribution < 1.29 is 18.7 Å². The Balaban J connectivity index is 1.63. The van der Waals surface area contributed by atoms with E-state index in [1.807, 2.05) is 19.1 Å². The van der Waals surface area contributed by atoms with Gasteiger partial charge in [0.05, 0.1) is 13.4 Å². The van der Waals surface area contributed by atoms with Crippen molar-refractivity contribution in [2.45, 2.75) is 20.0 Å². The van der Waals surface area contributed by atoms with Gasteiger partial charge < -0.3 is 29.8 Å². The van der Waals surface area contributed by atoms with Gasteiger partial charge in [-0.1, -0.05) is 6.07 Å². The van der Waals surface area contributed by atoms with Crippen molar-refractivity contribution in [2.24, 2.45) is 4.99 Å². The van der Waals surface area contributed by atoms with Gasteiger partial charge in [-0.15, -0.1) is 0 Å². The summed E-state index contributed by atoms with van der Waals surface area (Å²) in [5.74, 6) is 2.06. The average molecular weight is 402 g/mol. The maximum Gasteiger partial charge on any atom is 0.251 e. The van der Waals surface area contributed by atoms with Gasteiger partial charge in [0.1, 0.15) is 18.1 Å². The summed E-state index contributed by atoms with van der Waals surface area (Å²) in [4.78, 5) is 16.7. The van der Waals surface area contributed by atoms with E-state index in [1.165, 1.54) is 0 Å². The molecule has 3 N–H and O–H groups in total. The highest BCUT2D eigenvalue weighted by atomic mass is 16.5. The number of rotatable bonds is 12. The molecular weight excluding hydrogens is 372 g/mol. The van der Waals surface area contributed by atoms with Gasteiger partial charge in [-0.2, -0.15) is 0 Å². The molecule has 0 spiro atoms. The minimum atomic E-state index is -0.138. The summed E-state index contributed by atoms with van der Waals surface area (Å²) in [6.07, 6.45) is 2.44. The Morgan fingerprint density at radius 2 is 2.00 bits per heavy atom. The van der Waals surface area contributed by atoms with Crippen molar-refractivity contribution in [3.05, 3.63) is 54.0 Å². The molecule has 2 aromatic rings. The van der Waals surface area contributed by atoms with Crippen LogP contribution in [-0.4, -0.2) is 51.8 Å². The summed E-state index contributed by atoms with van der Waals surface area (Å²) in [6, 6.07) is 10.8. The van der Waals surface area contributed by atoms with Gasteiger partial charge in [0, 0.05) is 38.3 Å².